The van der Waals surface area contributed by atoms with E-state index in [-0.39, 0.29) is 0 Å². The van der Waals surface area contributed by atoms with E-state index in [0.717, 1.165) is 38.8 Å². The van der Waals surface area contributed by atoms with E-state index >= 15 is 0 Å². The Balaban J connectivity index is 0.000000567. The van der Waals surface area contributed by atoms with Crippen LogP contribution < -0.4 is 11.5 Å². The Morgan fingerprint density at radius 3 is 1.50 bits per heavy atom. The third kappa shape index (κ3) is 8.90. The molecule has 5 N–H and O–H groups in total. The van der Waals surface area contributed by atoms with Gasteiger partial charge in [-0.2, -0.15) is 0 Å². The van der Waals surface area contributed by atoms with Crippen LogP contribution in [0.3, 0.4) is 0 Å². The predicted molar refractivity (Wildman–Crippen MR) is 111 cm³/mol. The molecule has 0 saturated carbocycles. The molecule has 0 aliphatic rings. The van der Waals surface area contributed by atoms with Gasteiger partial charge in [-0.05, 0) is 12.8 Å². The molecule has 1 aromatic carbocycles. The number of aromatic hydroxyl groups is 1. The highest BCUT2D eigenvalue weighted by molar-refractivity contribution is 6.39. The van der Waals surface area contributed by atoms with Crippen molar-refractivity contribution in [2.75, 3.05) is 13.1 Å². The van der Waals surface area contributed by atoms with Gasteiger partial charge in [0.2, 0.25) is 0 Å². The topological polar surface area (TPSA) is 226 Å². The summed E-state index contributed by atoms with van der Waals surface area (Å²) in [4.78, 5) is 36.0. The van der Waals surface area contributed by atoms with Gasteiger partial charge >= 0.3 is 11.4 Å². The summed E-state index contributed by atoms with van der Waals surface area (Å²) < 4.78 is 0. The van der Waals surface area contributed by atoms with Crippen molar-refractivity contribution < 1.29 is 19.9 Å². The number of aliphatic imine (C=N–C) groups is 2. The van der Waals surface area contributed by atoms with Crippen LogP contribution in [0.1, 0.15) is 39.5 Å². The number of nitro groups is 3. The molecule has 0 unspecified atom stereocenters. The summed E-state index contributed by atoms with van der Waals surface area (Å²) in [5.41, 5.74) is 8.27. The van der Waals surface area contributed by atoms with Gasteiger partial charge in [-0.25, -0.2) is 0 Å². The number of nitrogens with two attached hydrogens (primary N) is 2. The Hall–Kier alpha value is -3.84. The fourth-order valence-electron chi connectivity index (χ4n) is 1.85. The summed E-state index contributed by atoms with van der Waals surface area (Å²) in [6.45, 7) is 5.72. The van der Waals surface area contributed by atoms with Gasteiger partial charge in [0, 0.05) is 13.1 Å². The van der Waals surface area contributed by atoms with Crippen molar-refractivity contribution in [2.24, 2.45) is 21.5 Å². The third-order valence-corrected chi connectivity index (χ3v) is 3.51. The van der Waals surface area contributed by atoms with E-state index in [0.29, 0.717) is 23.8 Å². The first-order valence-electron chi connectivity index (χ1n) is 8.97. The van der Waals surface area contributed by atoms with E-state index in [4.69, 9.17) is 16.6 Å². The van der Waals surface area contributed by atoms with E-state index in [2.05, 4.69) is 23.8 Å². The number of nitrogens with zero attached hydrogens (tertiary/aromatic N) is 5. The summed E-state index contributed by atoms with van der Waals surface area (Å²) in [6.07, 6.45) is 4.32. The average Bonchev–Trinajstić information content (AvgIpc) is 2.68. The van der Waals surface area contributed by atoms with Crippen LogP contribution in [0.2, 0.25) is 0 Å². The van der Waals surface area contributed by atoms with Crippen LogP contribution >= 0.6 is 0 Å². The first kappa shape index (κ1) is 26.2. The Labute approximate surface area is 171 Å². The molecule has 0 saturated heterocycles. The van der Waals surface area contributed by atoms with Crippen LogP contribution in [0.15, 0.2) is 22.1 Å². The standard InChI is InChI=1S/C10H22N4.C6H3N3O7/c1-3-5-7-13-9(11)10(12)14-8-6-4-2;10-6-4(8(13)14)1-3(7(11)12)2-5(6)9(15)16/h3-8H2,1-2H3,(H2,11,13)(H2,12,14);1-2,10H. The molecular weight excluding hydrogens is 402 g/mol. The molecule has 0 aliphatic carbocycles. The number of phenols is 1. The molecule has 166 valence electrons. The molecule has 14 heteroatoms. The SMILES string of the molecule is CCCCN=C(N)C(N)=NCCCC.O=[N+]([O-])c1cc([N+](=O)[O-])c(O)c([N+](=O)[O-])c1. The van der Waals surface area contributed by atoms with Crippen molar-refractivity contribution in [2.45, 2.75) is 39.5 Å². The molecule has 30 heavy (non-hydrogen) atoms. The number of non-ortho nitro benzene ring substituents is 1. The first-order chi connectivity index (χ1) is 14.1. The number of hydrogen-bond donors (Lipinski definition) is 3. The molecule has 1 aromatic rings. The molecule has 0 aliphatic heterocycles. The quantitative estimate of drug-likeness (QED) is 0.172. The smallest absolute Gasteiger partial charge is 0.324 e. The summed E-state index contributed by atoms with van der Waals surface area (Å²) in [5.74, 6) is -0.440. The molecular formula is C16H25N7O7. The first-order valence-corrected chi connectivity index (χ1v) is 8.97. The zero-order valence-electron chi connectivity index (χ0n) is 16.7. The Kier molecular flexibility index (Phi) is 11.6. The molecule has 0 radical (unpaired) electrons. The van der Waals surface area contributed by atoms with Crippen molar-refractivity contribution in [3.05, 3.63) is 42.5 Å². The van der Waals surface area contributed by atoms with Crippen LogP contribution in [0, 0.1) is 30.3 Å². The molecule has 14 nitrogen and oxygen atoms in total. The fraction of sp³-hybridized carbons (Fsp3) is 0.500. The van der Waals surface area contributed by atoms with Gasteiger partial charge in [0.05, 0.1) is 26.9 Å². The van der Waals surface area contributed by atoms with E-state index in [1.54, 1.807) is 0 Å². The molecule has 0 bridgehead atoms. The molecule has 0 heterocycles. The highest BCUT2D eigenvalue weighted by Crippen LogP contribution is 2.38. The predicted octanol–water partition coefficient (Wildman–Crippen LogP) is 2.42. The summed E-state index contributed by atoms with van der Waals surface area (Å²) >= 11 is 0. The van der Waals surface area contributed by atoms with Crippen LogP contribution in [-0.2, 0) is 0 Å². The summed E-state index contributed by atoms with van der Waals surface area (Å²) in [6, 6.07) is 0.894. The maximum absolute atomic E-state index is 10.4. The maximum atomic E-state index is 10.4. The molecule has 0 atom stereocenters. The monoisotopic (exact) mass is 427 g/mol. The lowest BCUT2D eigenvalue weighted by molar-refractivity contribution is -0.404. The second-order valence-electron chi connectivity index (χ2n) is 5.84. The maximum Gasteiger partial charge on any atom is 0.324 e. The van der Waals surface area contributed by atoms with Gasteiger partial charge in [-0.1, -0.05) is 26.7 Å². The van der Waals surface area contributed by atoms with Gasteiger partial charge in [0.25, 0.3) is 11.4 Å². The van der Waals surface area contributed by atoms with Crippen molar-refractivity contribution in [3.63, 3.8) is 0 Å². The lowest BCUT2D eigenvalue weighted by Gasteiger charge is -2.00. The van der Waals surface area contributed by atoms with Crippen LogP contribution in [0.5, 0.6) is 5.75 Å². The number of hydrogen-bond acceptors (Lipinski definition) is 9. The molecule has 1 rings (SSSR count). The van der Waals surface area contributed by atoms with E-state index in [1.165, 1.54) is 0 Å². The number of amidine groups is 2. The third-order valence-electron chi connectivity index (χ3n) is 3.51. The van der Waals surface area contributed by atoms with E-state index in [9.17, 15) is 30.3 Å². The minimum atomic E-state index is -1.21. The highest BCUT2D eigenvalue weighted by atomic mass is 16.6. The van der Waals surface area contributed by atoms with Crippen LogP contribution in [0.4, 0.5) is 17.1 Å². The minimum Gasteiger partial charge on any atom is -0.497 e. The second-order valence-corrected chi connectivity index (χ2v) is 5.84. The molecule has 0 spiro atoms. The largest absolute Gasteiger partial charge is 0.497 e. The Morgan fingerprint density at radius 1 is 0.867 bits per heavy atom. The van der Waals surface area contributed by atoms with Crippen molar-refractivity contribution in [1.82, 2.24) is 0 Å². The summed E-state index contributed by atoms with van der Waals surface area (Å²) in [5, 5.41) is 40.2. The number of rotatable bonds is 9. The van der Waals surface area contributed by atoms with Gasteiger partial charge < -0.3 is 16.6 Å². The van der Waals surface area contributed by atoms with E-state index < -0.39 is 37.6 Å². The number of phenolic OH excluding ortho intramolecular Hbond substituents is 1. The van der Waals surface area contributed by atoms with Gasteiger partial charge in [-0.15, -0.1) is 0 Å². The van der Waals surface area contributed by atoms with Gasteiger partial charge in [0.15, 0.2) is 11.7 Å². The lowest BCUT2D eigenvalue weighted by atomic mass is 10.2. The zero-order valence-corrected chi connectivity index (χ0v) is 16.7. The van der Waals surface area contributed by atoms with Crippen molar-refractivity contribution in [1.29, 1.82) is 0 Å². The second kappa shape index (κ2) is 13.4. The molecule has 0 fully saturated rings. The van der Waals surface area contributed by atoms with Crippen LogP contribution in [-0.4, -0.2) is 44.6 Å². The van der Waals surface area contributed by atoms with Crippen molar-refractivity contribution >= 4 is 28.7 Å². The Morgan fingerprint density at radius 2 is 1.23 bits per heavy atom. The minimum absolute atomic E-state index is 0.384. The number of benzene rings is 1. The lowest BCUT2D eigenvalue weighted by Crippen LogP contribution is -2.31. The fourth-order valence-corrected chi connectivity index (χ4v) is 1.85. The average molecular weight is 427 g/mol. The zero-order chi connectivity index (χ0) is 23.3. The molecule has 0 amide bonds. The number of unbranched alkanes of at least 4 members (excludes halogenated alkanes) is 2. The van der Waals surface area contributed by atoms with E-state index in [1.807, 2.05) is 0 Å². The van der Waals surface area contributed by atoms with Gasteiger partial charge in [0.1, 0.15) is 0 Å². The van der Waals surface area contributed by atoms with Crippen LogP contribution in [0.25, 0.3) is 0 Å². The molecule has 0 aromatic heterocycles. The normalized spacial score (nSPS) is 11.4. The highest BCUT2D eigenvalue weighted by Gasteiger charge is 2.30. The van der Waals surface area contributed by atoms with Crippen molar-refractivity contribution in [3.8, 4) is 5.75 Å². The summed E-state index contributed by atoms with van der Waals surface area (Å²) in [7, 11) is 0. The van der Waals surface area contributed by atoms with Gasteiger partial charge in [-0.3, -0.25) is 40.3 Å². The number of nitro benzene ring substituents is 3. The Bertz CT molecular complexity index is 767.